The molecule has 0 spiro atoms. The van der Waals surface area contributed by atoms with Gasteiger partial charge in [0.05, 0.1) is 19.7 Å². The molecule has 2 aliphatic heterocycles. The Labute approximate surface area is 313 Å². The van der Waals surface area contributed by atoms with Gasteiger partial charge in [0.25, 0.3) is 0 Å². The molecule has 52 heavy (non-hydrogen) atoms. The Bertz CT molecular complexity index is 976. The lowest BCUT2D eigenvalue weighted by Crippen LogP contribution is -2.59. The minimum atomic E-state index is -1.42. The van der Waals surface area contributed by atoms with E-state index < -0.39 is 48.5 Å². The zero-order chi connectivity index (χ0) is 38.6. The molecule has 0 amide bonds. The quantitative estimate of drug-likeness (QED) is 0.108. The molecule has 2 fully saturated rings. The van der Waals surface area contributed by atoms with Crippen molar-refractivity contribution in [2.45, 2.75) is 148 Å². The highest BCUT2D eigenvalue weighted by Crippen LogP contribution is 2.22. The zero-order valence-corrected chi connectivity index (χ0v) is 33.2. The van der Waals surface area contributed by atoms with Crippen LogP contribution < -0.4 is 5.32 Å². The second-order valence-corrected chi connectivity index (χ2v) is 16.4. The number of esters is 2. The number of rotatable bonds is 17. The van der Waals surface area contributed by atoms with E-state index in [1.807, 2.05) is 41.5 Å². The van der Waals surface area contributed by atoms with Crippen LogP contribution in [0.1, 0.15) is 106 Å². The molecular formula is C38H74N4O10. The molecule has 2 heterocycles. The summed E-state index contributed by atoms with van der Waals surface area (Å²) in [5, 5.41) is 42.7. The Kier molecular flexibility index (Phi) is 22.3. The fourth-order valence-corrected chi connectivity index (χ4v) is 6.48. The van der Waals surface area contributed by atoms with Gasteiger partial charge in [-0.05, 0) is 93.4 Å². The summed E-state index contributed by atoms with van der Waals surface area (Å²) in [6.07, 6.45) is 4.22. The van der Waals surface area contributed by atoms with E-state index >= 15 is 0 Å². The molecule has 0 bridgehead atoms. The zero-order valence-electron chi connectivity index (χ0n) is 33.2. The fourth-order valence-electron chi connectivity index (χ4n) is 6.48. The number of hydrogen-bond donors (Lipinski definition) is 5. The molecule has 0 aliphatic carbocycles. The van der Waals surface area contributed by atoms with Crippen LogP contribution in [0.3, 0.4) is 0 Å². The van der Waals surface area contributed by atoms with Gasteiger partial charge in [-0.15, -0.1) is 0 Å². The number of hydrogen-bond acceptors (Lipinski definition) is 14. The fraction of sp³-hybridized carbons (Fsp3) is 0.947. The smallest absolute Gasteiger partial charge is 0.320 e. The molecule has 0 aromatic heterocycles. The van der Waals surface area contributed by atoms with Gasteiger partial charge in [0.2, 0.25) is 0 Å². The van der Waals surface area contributed by atoms with Gasteiger partial charge < -0.3 is 49.6 Å². The molecular weight excluding hydrogens is 672 g/mol. The Hall–Kier alpha value is -1.46. The van der Waals surface area contributed by atoms with Crippen molar-refractivity contribution in [3.63, 3.8) is 0 Å². The molecule has 0 saturated carbocycles. The number of nitrogens with one attached hydrogen (secondary N) is 1. The van der Waals surface area contributed by atoms with Crippen molar-refractivity contribution in [1.82, 2.24) is 20.0 Å². The van der Waals surface area contributed by atoms with Crippen LogP contribution in [0, 0.1) is 0 Å². The Morgan fingerprint density at radius 3 is 1.77 bits per heavy atom. The number of aliphatic hydroxyl groups excluding tert-OH is 4. The van der Waals surface area contributed by atoms with Crippen LogP contribution in [0.2, 0.25) is 0 Å². The van der Waals surface area contributed by atoms with Crippen LogP contribution in [-0.4, -0.2) is 174 Å². The summed E-state index contributed by atoms with van der Waals surface area (Å²) in [5.74, 6) is -0.378. The van der Waals surface area contributed by atoms with Crippen LogP contribution in [0.25, 0.3) is 0 Å². The van der Waals surface area contributed by atoms with Crippen LogP contribution in [-0.2, 0) is 28.5 Å². The third kappa shape index (κ3) is 20.8. The summed E-state index contributed by atoms with van der Waals surface area (Å²) in [6, 6.07) is 0. The number of carbonyl (C=O) groups is 2. The summed E-state index contributed by atoms with van der Waals surface area (Å²) in [7, 11) is 0. The highest BCUT2D eigenvalue weighted by molar-refractivity contribution is 5.72. The SMILES string of the molecule is CC(C)(C)OC(=O)CN1CCCN(CCCCCCCCCCOC2OC(CO)C(O)C(O)C2O)CCN(CC(=O)OC(C)(C)C)CCCNCC1. The summed E-state index contributed by atoms with van der Waals surface area (Å²) in [4.78, 5) is 32.3. The Balaban J connectivity index is 1.78. The van der Waals surface area contributed by atoms with E-state index in [4.69, 9.17) is 18.9 Å². The average molecular weight is 747 g/mol. The third-order valence-electron chi connectivity index (χ3n) is 9.16. The van der Waals surface area contributed by atoms with Crippen LogP contribution in [0.4, 0.5) is 0 Å². The van der Waals surface area contributed by atoms with E-state index in [0.717, 1.165) is 123 Å². The second kappa shape index (κ2) is 24.8. The van der Waals surface area contributed by atoms with Gasteiger partial charge in [0.1, 0.15) is 35.6 Å². The first-order valence-electron chi connectivity index (χ1n) is 19.8. The van der Waals surface area contributed by atoms with Crippen LogP contribution in [0.5, 0.6) is 0 Å². The monoisotopic (exact) mass is 747 g/mol. The largest absolute Gasteiger partial charge is 0.459 e. The predicted octanol–water partition coefficient (Wildman–Crippen LogP) is 1.90. The summed E-state index contributed by atoms with van der Waals surface area (Å²) in [5.41, 5.74) is -1.01. The molecule has 2 saturated heterocycles. The van der Waals surface area contributed by atoms with E-state index in [-0.39, 0.29) is 25.0 Å². The van der Waals surface area contributed by atoms with Crippen molar-refractivity contribution in [3.8, 4) is 0 Å². The van der Waals surface area contributed by atoms with Crippen molar-refractivity contribution in [2.24, 2.45) is 0 Å². The van der Waals surface area contributed by atoms with Gasteiger partial charge in [0.15, 0.2) is 6.29 Å². The van der Waals surface area contributed by atoms with Crippen molar-refractivity contribution in [3.05, 3.63) is 0 Å². The first-order chi connectivity index (χ1) is 24.6. The van der Waals surface area contributed by atoms with Crippen molar-refractivity contribution in [2.75, 3.05) is 85.2 Å². The first kappa shape index (κ1) is 46.7. The van der Waals surface area contributed by atoms with Gasteiger partial charge in [-0.3, -0.25) is 19.4 Å². The topological polar surface area (TPSA) is 174 Å². The summed E-state index contributed by atoms with van der Waals surface area (Å²) in [6.45, 7) is 19.4. The van der Waals surface area contributed by atoms with E-state index in [1.165, 1.54) is 0 Å². The molecule has 2 aliphatic rings. The molecule has 14 heteroatoms. The lowest BCUT2D eigenvalue weighted by Gasteiger charge is -2.39. The van der Waals surface area contributed by atoms with Gasteiger partial charge >= 0.3 is 11.9 Å². The van der Waals surface area contributed by atoms with E-state index in [0.29, 0.717) is 6.61 Å². The van der Waals surface area contributed by atoms with Gasteiger partial charge in [-0.1, -0.05) is 38.5 Å². The summed E-state index contributed by atoms with van der Waals surface area (Å²) >= 11 is 0. The average Bonchev–Trinajstić information content (AvgIpc) is 3.04. The summed E-state index contributed by atoms with van der Waals surface area (Å²) < 4.78 is 22.2. The van der Waals surface area contributed by atoms with Gasteiger partial charge in [-0.25, -0.2) is 0 Å². The number of nitrogens with zero attached hydrogens (tertiary/aromatic N) is 3. The number of ether oxygens (including phenoxy) is 4. The van der Waals surface area contributed by atoms with E-state index in [1.54, 1.807) is 0 Å². The molecule has 14 nitrogen and oxygen atoms in total. The predicted molar refractivity (Wildman–Crippen MR) is 200 cm³/mol. The van der Waals surface area contributed by atoms with Crippen LogP contribution in [0.15, 0.2) is 0 Å². The minimum absolute atomic E-state index is 0.188. The highest BCUT2D eigenvalue weighted by atomic mass is 16.7. The molecule has 0 radical (unpaired) electrons. The maximum Gasteiger partial charge on any atom is 0.320 e. The van der Waals surface area contributed by atoms with E-state index in [2.05, 4.69) is 20.0 Å². The van der Waals surface area contributed by atoms with Gasteiger partial charge in [0, 0.05) is 39.3 Å². The van der Waals surface area contributed by atoms with Crippen molar-refractivity contribution in [1.29, 1.82) is 0 Å². The second-order valence-electron chi connectivity index (χ2n) is 16.4. The molecule has 0 aromatic carbocycles. The Morgan fingerprint density at radius 1 is 0.654 bits per heavy atom. The van der Waals surface area contributed by atoms with Crippen molar-refractivity contribution < 1.29 is 49.0 Å². The molecule has 5 atom stereocenters. The first-order valence-corrected chi connectivity index (χ1v) is 19.8. The lowest BCUT2D eigenvalue weighted by molar-refractivity contribution is -0.301. The molecule has 5 unspecified atom stereocenters. The normalized spacial score (nSPS) is 25.8. The molecule has 5 N–H and O–H groups in total. The lowest BCUT2D eigenvalue weighted by atomic mass is 9.99. The third-order valence-corrected chi connectivity index (χ3v) is 9.16. The number of carbonyl (C=O) groups excluding carboxylic acids is 2. The van der Waals surface area contributed by atoms with E-state index in [9.17, 15) is 30.0 Å². The standard InChI is InChI=1S/C38H74N4O10/c1-37(2,3)51-31(44)27-41-22-16-21-40(24-25-42(20-15-17-39-18-23-41)28-32(45)52-38(4,5)6)19-13-11-9-7-8-10-12-14-26-49-36-35(48)34(47)33(46)30(29-43)50-36/h30,33-36,39,43,46-48H,7-29H2,1-6H3. The molecule has 0 aromatic rings. The van der Waals surface area contributed by atoms with Crippen molar-refractivity contribution >= 4 is 11.9 Å². The number of aliphatic hydroxyl groups is 4. The highest BCUT2D eigenvalue weighted by Gasteiger charge is 2.43. The maximum atomic E-state index is 12.7. The molecule has 2 rings (SSSR count). The van der Waals surface area contributed by atoms with Crippen LogP contribution >= 0.6 is 0 Å². The Morgan fingerprint density at radius 2 is 1.17 bits per heavy atom. The number of unbranched alkanes of at least 4 members (excludes halogenated alkanes) is 7. The molecule has 306 valence electrons. The maximum absolute atomic E-state index is 12.7. The van der Waals surface area contributed by atoms with Gasteiger partial charge in [-0.2, -0.15) is 0 Å². The minimum Gasteiger partial charge on any atom is -0.459 e.